The maximum Gasteiger partial charge on any atom is 0.121 e. The average Bonchev–Trinajstić information content (AvgIpc) is 2.81. The Bertz CT molecular complexity index is 217. The van der Waals surface area contributed by atoms with Gasteiger partial charge in [-0.2, -0.15) is 0 Å². The van der Waals surface area contributed by atoms with Gasteiger partial charge in [0.2, 0.25) is 0 Å². The van der Waals surface area contributed by atoms with E-state index in [2.05, 4.69) is 0 Å². The van der Waals surface area contributed by atoms with Gasteiger partial charge in [0.25, 0.3) is 0 Å². The monoisotopic (exact) mass is 210 g/mol. The van der Waals surface area contributed by atoms with Crippen LogP contribution in [0, 0.1) is 5.92 Å². The van der Waals surface area contributed by atoms with Crippen molar-refractivity contribution >= 4 is 0 Å². The lowest BCUT2D eigenvalue weighted by atomic mass is 9.85. The summed E-state index contributed by atoms with van der Waals surface area (Å²) in [6, 6.07) is 0. The summed E-state index contributed by atoms with van der Waals surface area (Å²) in [4.78, 5) is 0. The minimum atomic E-state index is -0.338. The van der Waals surface area contributed by atoms with E-state index in [0.29, 0.717) is 0 Å². The van der Waals surface area contributed by atoms with E-state index >= 15 is 0 Å². The Kier molecular flexibility index (Phi) is 4.07. The molecule has 15 heavy (non-hydrogen) atoms. The van der Waals surface area contributed by atoms with E-state index in [-0.39, 0.29) is 6.10 Å². The third kappa shape index (κ3) is 3.23. The zero-order valence-corrected chi connectivity index (χ0v) is 9.45. The molecule has 1 aliphatic carbocycles. The van der Waals surface area contributed by atoms with Crippen molar-refractivity contribution in [2.45, 2.75) is 57.5 Å². The molecular weight excluding hydrogens is 188 g/mol. The summed E-state index contributed by atoms with van der Waals surface area (Å²) in [7, 11) is 0. The van der Waals surface area contributed by atoms with E-state index in [9.17, 15) is 5.11 Å². The molecule has 1 fully saturated rings. The van der Waals surface area contributed by atoms with Crippen molar-refractivity contribution in [3.05, 3.63) is 11.8 Å². The Morgan fingerprint density at radius 1 is 1.33 bits per heavy atom. The number of rotatable bonds is 4. The van der Waals surface area contributed by atoms with Gasteiger partial charge in [-0.15, -0.1) is 0 Å². The summed E-state index contributed by atoms with van der Waals surface area (Å²) in [6.07, 6.45) is 11.6. The molecule has 0 saturated heterocycles. The van der Waals surface area contributed by atoms with Gasteiger partial charge in [-0.25, -0.2) is 0 Å². The van der Waals surface area contributed by atoms with E-state index < -0.39 is 0 Å². The minimum absolute atomic E-state index is 0.338. The van der Waals surface area contributed by atoms with Crippen LogP contribution in [-0.4, -0.2) is 17.8 Å². The topological polar surface area (TPSA) is 29.5 Å². The fraction of sp³-hybridized carbons (Fsp3) is 0.846. The number of hydrogen-bond acceptors (Lipinski definition) is 2. The normalized spacial score (nSPS) is 24.7. The molecule has 1 saturated carbocycles. The molecule has 1 heterocycles. The van der Waals surface area contributed by atoms with Crippen LogP contribution in [0.3, 0.4) is 0 Å². The Morgan fingerprint density at radius 2 is 2.13 bits per heavy atom. The summed E-state index contributed by atoms with van der Waals surface area (Å²) >= 11 is 0. The lowest BCUT2D eigenvalue weighted by Crippen LogP contribution is -2.14. The SMILES string of the molecule is OC(CCC1CCCCC1)C1=CCCO1. The lowest BCUT2D eigenvalue weighted by Gasteiger charge is -2.22. The summed E-state index contributed by atoms with van der Waals surface area (Å²) < 4.78 is 5.37. The average molecular weight is 210 g/mol. The second kappa shape index (κ2) is 5.55. The molecular formula is C13H22O2. The van der Waals surface area contributed by atoms with Gasteiger partial charge < -0.3 is 9.84 Å². The Labute approximate surface area is 92.3 Å². The zero-order chi connectivity index (χ0) is 10.5. The predicted octanol–water partition coefficient (Wildman–Crippen LogP) is 3.01. The van der Waals surface area contributed by atoms with Crippen molar-refractivity contribution in [3.63, 3.8) is 0 Å². The van der Waals surface area contributed by atoms with Crippen LogP contribution in [0.1, 0.15) is 51.4 Å². The van der Waals surface area contributed by atoms with Gasteiger partial charge in [-0.3, -0.25) is 0 Å². The van der Waals surface area contributed by atoms with Crippen LogP contribution in [0.25, 0.3) is 0 Å². The molecule has 0 spiro atoms. The van der Waals surface area contributed by atoms with E-state index in [4.69, 9.17) is 4.74 Å². The Hall–Kier alpha value is -0.500. The van der Waals surface area contributed by atoms with Gasteiger partial charge >= 0.3 is 0 Å². The third-order valence-corrected chi connectivity index (χ3v) is 3.63. The first-order valence-electron chi connectivity index (χ1n) is 6.37. The highest BCUT2D eigenvalue weighted by atomic mass is 16.5. The molecule has 1 N–H and O–H groups in total. The highest BCUT2D eigenvalue weighted by molar-refractivity contribution is 5.03. The fourth-order valence-electron chi connectivity index (χ4n) is 2.68. The highest BCUT2D eigenvalue weighted by Gasteiger charge is 2.19. The van der Waals surface area contributed by atoms with E-state index in [1.165, 1.54) is 38.5 Å². The van der Waals surface area contributed by atoms with Crippen molar-refractivity contribution in [3.8, 4) is 0 Å². The van der Waals surface area contributed by atoms with E-state index in [0.717, 1.165) is 31.1 Å². The summed E-state index contributed by atoms with van der Waals surface area (Å²) in [5.41, 5.74) is 0. The molecule has 0 aromatic heterocycles. The first-order valence-corrected chi connectivity index (χ1v) is 6.37. The van der Waals surface area contributed by atoms with E-state index in [1.54, 1.807) is 0 Å². The fourth-order valence-corrected chi connectivity index (χ4v) is 2.68. The molecule has 2 rings (SSSR count). The summed E-state index contributed by atoms with van der Waals surface area (Å²) in [5, 5.41) is 9.89. The van der Waals surface area contributed by atoms with Crippen LogP contribution < -0.4 is 0 Å². The van der Waals surface area contributed by atoms with E-state index in [1.807, 2.05) is 6.08 Å². The van der Waals surface area contributed by atoms with Crippen LogP contribution >= 0.6 is 0 Å². The van der Waals surface area contributed by atoms with Gasteiger partial charge in [0, 0.05) is 6.42 Å². The molecule has 0 radical (unpaired) electrons. The largest absolute Gasteiger partial charge is 0.495 e. The predicted molar refractivity (Wildman–Crippen MR) is 60.5 cm³/mol. The lowest BCUT2D eigenvalue weighted by molar-refractivity contribution is 0.104. The van der Waals surface area contributed by atoms with Gasteiger partial charge in [0.15, 0.2) is 0 Å². The minimum Gasteiger partial charge on any atom is -0.495 e. The second-order valence-electron chi connectivity index (χ2n) is 4.84. The van der Waals surface area contributed by atoms with Crippen LogP contribution in [0.4, 0.5) is 0 Å². The first kappa shape index (κ1) is 11.0. The van der Waals surface area contributed by atoms with Crippen molar-refractivity contribution in [1.29, 1.82) is 0 Å². The number of hydrogen-bond donors (Lipinski definition) is 1. The van der Waals surface area contributed by atoms with Crippen LogP contribution in [0.2, 0.25) is 0 Å². The standard InChI is InChI=1S/C13H22O2/c14-12(13-7-4-10-15-13)9-8-11-5-2-1-3-6-11/h7,11-12,14H,1-6,8-10H2. The quantitative estimate of drug-likeness (QED) is 0.773. The molecule has 0 amide bonds. The molecule has 0 aromatic carbocycles. The number of aliphatic hydroxyl groups is 1. The molecule has 1 atom stereocenters. The van der Waals surface area contributed by atoms with Crippen LogP contribution in [0.15, 0.2) is 11.8 Å². The number of ether oxygens (including phenoxy) is 1. The number of aliphatic hydroxyl groups excluding tert-OH is 1. The van der Waals surface area contributed by atoms with Crippen molar-refractivity contribution in [2.24, 2.45) is 5.92 Å². The molecule has 0 aromatic rings. The smallest absolute Gasteiger partial charge is 0.121 e. The van der Waals surface area contributed by atoms with Gasteiger partial charge in [0.1, 0.15) is 11.9 Å². The molecule has 1 aliphatic heterocycles. The first-order chi connectivity index (χ1) is 7.36. The molecule has 2 heteroatoms. The second-order valence-corrected chi connectivity index (χ2v) is 4.84. The molecule has 0 bridgehead atoms. The molecule has 86 valence electrons. The van der Waals surface area contributed by atoms with Gasteiger partial charge in [-0.1, -0.05) is 32.1 Å². The van der Waals surface area contributed by atoms with Crippen LogP contribution in [0.5, 0.6) is 0 Å². The molecule has 1 unspecified atom stereocenters. The summed E-state index contributed by atoms with van der Waals surface area (Å²) in [5.74, 6) is 1.68. The maximum absolute atomic E-state index is 9.89. The Balaban J connectivity index is 1.67. The van der Waals surface area contributed by atoms with Crippen molar-refractivity contribution < 1.29 is 9.84 Å². The van der Waals surface area contributed by atoms with Crippen LogP contribution in [-0.2, 0) is 4.74 Å². The molecule has 2 aliphatic rings. The van der Waals surface area contributed by atoms with Crippen molar-refractivity contribution in [1.82, 2.24) is 0 Å². The third-order valence-electron chi connectivity index (χ3n) is 3.63. The Morgan fingerprint density at radius 3 is 2.80 bits per heavy atom. The van der Waals surface area contributed by atoms with Gasteiger partial charge in [-0.05, 0) is 24.8 Å². The summed E-state index contributed by atoms with van der Waals surface area (Å²) in [6.45, 7) is 0.760. The van der Waals surface area contributed by atoms with Gasteiger partial charge in [0.05, 0.1) is 6.61 Å². The maximum atomic E-state index is 9.89. The zero-order valence-electron chi connectivity index (χ0n) is 9.45. The highest BCUT2D eigenvalue weighted by Crippen LogP contribution is 2.29. The van der Waals surface area contributed by atoms with Crippen molar-refractivity contribution in [2.75, 3.05) is 6.61 Å². The molecule has 2 nitrogen and oxygen atoms in total.